The van der Waals surface area contributed by atoms with Gasteiger partial charge in [-0.15, -0.1) is 13.2 Å². The molecule has 0 saturated heterocycles. The lowest BCUT2D eigenvalue weighted by atomic mass is 10.1. The highest BCUT2D eigenvalue weighted by molar-refractivity contribution is 9.08. The third kappa shape index (κ3) is 5.04. The number of alkyl halides is 7. The van der Waals surface area contributed by atoms with E-state index in [1.54, 1.807) is 0 Å². The van der Waals surface area contributed by atoms with Gasteiger partial charge < -0.3 is 9.47 Å². The van der Waals surface area contributed by atoms with Gasteiger partial charge in [-0.3, -0.25) is 4.79 Å². The topological polar surface area (TPSA) is 48.4 Å². The van der Waals surface area contributed by atoms with Gasteiger partial charge in [0.1, 0.15) is 5.69 Å². The van der Waals surface area contributed by atoms with Gasteiger partial charge in [0.25, 0.3) is 0 Å². The third-order valence-corrected chi connectivity index (χ3v) is 2.85. The Labute approximate surface area is 128 Å². The molecule has 0 bridgehead atoms. The molecule has 0 N–H and O–H groups in total. The lowest BCUT2D eigenvalue weighted by Gasteiger charge is -2.17. The second kappa shape index (κ2) is 6.71. The number of halogens is 7. The number of pyridine rings is 1. The number of rotatable bonds is 4. The summed E-state index contributed by atoms with van der Waals surface area (Å²) in [4.78, 5) is 14.3. The van der Waals surface area contributed by atoms with Crippen molar-refractivity contribution >= 4 is 21.9 Å². The summed E-state index contributed by atoms with van der Waals surface area (Å²) in [6, 6.07) is 0.324. The predicted octanol–water partition coefficient (Wildman–Crippen LogP) is 3.61. The van der Waals surface area contributed by atoms with E-state index in [-0.39, 0.29) is 0 Å². The number of methoxy groups -OCH3 is 1. The summed E-state index contributed by atoms with van der Waals surface area (Å²) >= 11 is 2.74. The van der Waals surface area contributed by atoms with E-state index >= 15 is 0 Å². The Bertz CT molecular complexity index is 558. The van der Waals surface area contributed by atoms with Crippen LogP contribution in [0.5, 0.6) is 5.75 Å². The summed E-state index contributed by atoms with van der Waals surface area (Å²) < 4.78 is 83.3. The fraction of sp³-hybridized carbons (Fsp3) is 0.455. The summed E-state index contributed by atoms with van der Waals surface area (Å²) in [6.07, 6.45) is -10.9. The minimum atomic E-state index is -5.15. The van der Waals surface area contributed by atoms with E-state index in [0.29, 0.717) is 6.07 Å². The Hall–Kier alpha value is -1.52. The molecule has 0 fully saturated rings. The van der Waals surface area contributed by atoms with Gasteiger partial charge in [-0.2, -0.15) is 13.2 Å². The molecule has 0 spiro atoms. The lowest BCUT2D eigenvalue weighted by Crippen LogP contribution is -2.22. The van der Waals surface area contributed by atoms with Crippen LogP contribution in [0.2, 0.25) is 0 Å². The number of carbonyl (C=O) groups is 1. The summed E-state index contributed by atoms with van der Waals surface area (Å²) in [6.45, 7) is 0. The fourth-order valence-electron chi connectivity index (χ4n) is 1.48. The molecular weight excluding hydrogens is 388 g/mol. The van der Waals surface area contributed by atoms with Gasteiger partial charge in [0.15, 0.2) is 5.75 Å². The number of nitrogens with zero attached hydrogens (tertiary/aromatic N) is 1. The number of aromatic nitrogens is 1. The van der Waals surface area contributed by atoms with Crippen LogP contribution in [-0.2, 0) is 27.5 Å². The lowest BCUT2D eigenvalue weighted by molar-refractivity contribution is -0.275. The molecule has 0 aliphatic rings. The molecule has 11 heteroatoms. The number of ether oxygens (including phenoxy) is 2. The van der Waals surface area contributed by atoms with Crippen LogP contribution in [-0.4, -0.2) is 24.4 Å². The molecule has 0 atom stereocenters. The van der Waals surface area contributed by atoms with Crippen molar-refractivity contribution in [1.82, 2.24) is 4.98 Å². The van der Waals surface area contributed by atoms with Crippen LogP contribution in [0.15, 0.2) is 6.07 Å². The van der Waals surface area contributed by atoms with Gasteiger partial charge in [0.2, 0.25) is 0 Å². The molecule has 0 unspecified atom stereocenters. The summed E-state index contributed by atoms with van der Waals surface area (Å²) in [5.74, 6) is -1.98. The molecule has 4 nitrogen and oxygen atoms in total. The fourth-order valence-corrected chi connectivity index (χ4v) is 1.86. The van der Waals surface area contributed by atoms with Crippen LogP contribution in [0.1, 0.15) is 17.0 Å². The SMILES string of the molecule is COC(=O)Cc1cc(C(F)(F)F)nc(CBr)c1OC(F)(F)F. The van der Waals surface area contributed by atoms with Gasteiger partial charge in [0, 0.05) is 10.9 Å². The van der Waals surface area contributed by atoms with Gasteiger partial charge in [0.05, 0.1) is 19.2 Å². The zero-order valence-electron chi connectivity index (χ0n) is 10.8. The largest absolute Gasteiger partial charge is 0.573 e. The minimum Gasteiger partial charge on any atom is -0.469 e. The van der Waals surface area contributed by atoms with E-state index in [1.165, 1.54) is 0 Å². The summed E-state index contributed by atoms with van der Waals surface area (Å²) in [5.41, 5.74) is -2.69. The Morgan fingerprint density at radius 3 is 2.27 bits per heavy atom. The minimum absolute atomic E-state index is 0.324. The molecule has 0 saturated carbocycles. The summed E-state index contributed by atoms with van der Waals surface area (Å²) in [7, 11) is 0.948. The second-order valence-corrected chi connectivity index (χ2v) is 4.44. The third-order valence-electron chi connectivity index (χ3n) is 2.32. The highest BCUT2D eigenvalue weighted by Gasteiger charge is 2.38. The maximum Gasteiger partial charge on any atom is 0.573 e. The Balaban J connectivity index is 3.46. The predicted molar refractivity (Wildman–Crippen MR) is 64.3 cm³/mol. The molecule has 1 aromatic rings. The monoisotopic (exact) mass is 395 g/mol. The van der Waals surface area contributed by atoms with Gasteiger partial charge >= 0.3 is 18.5 Å². The van der Waals surface area contributed by atoms with Crippen molar-refractivity contribution in [3.8, 4) is 5.75 Å². The van der Waals surface area contributed by atoms with Gasteiger partial charge in [-0.05, 0) is 6.07 Å². The van der Waals surface area contributed by atoms with E-state index in [0.717, 1.165) is 7.11 Å². The molecule has 124 valence electrons. The number of carbonyl (C=O) groups excluding carboxylic acids is 1. The number of hydrogen-bond donors (Lipinski definition) is 0. The van der Waals surface area contributed by atoms with Crippen LogP contribution in [0.4, 0.5) is 26.3 Å². The van der Waals surface area contributed by atoms with Crippen molar-refractivity contribution in [1.29, 1.82) is 0 Å². The normalized spacial score (nSPS) is 12.2. The van der Waals surface area contributed by atoms with E-state index < -0.39 is 53.0 Å². The molecular formula is C11H8BrF6NO3. The highest BCUT2D eigenvalue weighted by Crippen LogP contribution is 2.36. The zero-order chi connectivity index (χ0) is 17.1. The first-order chi connectivity index (χ1) is 9.97. The first kappa shape index (κ1) is 18.5. The molecule has 0 aliphatic carbocycles. The average Bonchev–Trinajstić information content (AvgIpc) is 2.37. The van der Waals surface area contributed by atoms with Crippen LogP contribution >= 0.6 is 15.9 Å². The highest BCUT2D eigenvalue weighted by atomic mass is 79.9. The van der Waals surface area contributed by atoms with Crippen molar-refractivity contribution in [2.24, 2.45) is 0 Å². The Kier molecular flexibility index (Phi) is 5.65. The van der Waals surface area contributed by atoms with Crippen molar-refractivity contribution < 1.29 is 40.6 Å². The van der Waals surface area contributed by atoms with E-state index in [9.17, 15) is 31.1 Å². The standard InChI is InChI=1S/C11H8BrF6NO3/c1-21-8(20)3-5-2-7(10(13,14)15)19-6(4-12)9(5)22-11(16,17)18/h2H,3-4H2,1H3. The number of esters is 1. The van der Waals surface area contributed by atoms with E-state index in [1.807, 2.05) is 0 Å². The molecule has 1 rings (SSSR count). The maximum absolute atomic E-state index is 12.7. The molecule has 0 aliphatic heterocycles. The number of hydrogen-bond acceptors (Lipinski definition) is 4. The average molecular weight is 396 g/mol. The molecule has 22 heavy (non-hydrogen) atoms. The van der Waals surface area contributed by atoms with E-state index in [2.05, 4.69) is 30.4 Å². The second-order valence-electron chi connectivity index (χ2n) is 3.87. The van der Waals surface area contributed by atoms with Crippen molar-refractivity contribution in [2.45, 2.75) is 24.3 Å². The van der Waals surface area contributed by atoms with Crippen molar-refractivity contribution in [3.63, 3.8) is 0 Å². The molecule has 0 amide bonds. The first-order valence-electron chi connectivity index (χ1n) is 5.46. The maximum atomic E-state index is 12.7. The van der Waals surface area contributed by atoms with Crippen LogP contribution in [0.25, 0.3) is 0 Å². The summed E-state index contributed by atoms with van der Waals surface area (Å²) in [5, 5.41) is -0.434. The zero-order valence-corrected chi connectivity index (χ0v) is 12.4. The first-order valence-corrected chi connectivity index (χ1v) is 6.58. The van der Waals surface area contributed by atoms with Crippen LogP contribution in [0.3, 0.4) is 0 Å². The quantitative estimate of drug-likeness (QED) is 0.444. The smallest absolute Gasteiger partial charge is 0.469 e. The van der Waals surface area contributed by atoms with Crippen LogP contribution < -0.4 is 4.74 Å². The molecule has 1 heterocycles. The molecule has 0 radical (unpaired) electrons. The molecule has 1 aromatic heterocycles. The van der Waals surface area contributed by atoms with Gasteiger partial charge in [-0.1, -0.05) is 15.9 Å². The van der Waals surface area contributed by atoms with Gasteiger partial charge in [-0.25, -0.2) is 4.98 Å². The Morgan fingerprint density at radius 1 is 1.27 bits per heavy atom. The molecule has 0 aromatic carbocycles. The van der Waals surface area contributed by atoms with E-state index in [4.69, 9.17) is 0 Å². The Morgan fingerprint density at radius 2 is 1.86 bits per heavy atom. The van der Waals surface area contributed by atoms with Crippen LogP contribution in [0, 0.1) is 0 Å². The van der Waals surface area contributed by atoms with Crippen molar-refractivity contribution in [3.05, 3.63) is 23.0 Å². The van der Waals surface area contributed by atoms with Crippen molar-refractivity contribution in [2.75, 3.05) is 7.11 Å².